The molecule has 0 fully saturated rings. The van der Waals surface area contributed by atoms with Gasteiger partial charge in [0, 0.05) is 28.3 Å². The number of Topliss-reactive ketones (excluding diaryl/α,β-unsaturated/α-hetero) is 1. The Labute approximate surface area is 164 Å². The number of carbonyl (C=O) groups excluding carboxylic acids is 2. The van der Waals surface area contributed by atoms with E-state index in [1.807, 2.05) is 0 Å². The quantitative estimate of drug-likeness (QED) is 0.690. The van der Waals surface area contributed by atoms with Crippen LogP contribution in [0.15, 0.2) is 59.1 Å². The molecule has 4 nitrogen and oxygen atoms in total. The number of nitrogens with zero attached hydrogens (tertiary/aromatic N) is 1. The summed E-state index contributed by atoms with van der Waals surface area (Å²) in [6.07, 6.45) is -4.48. The van der Waals surface area contributed by atoms with Crippen LogP contribution in [0.5, 0.6) is 0 Å². The van der Waals surface area contributed by atoms with E-state index in [9.17, 15) is 22.8 Å². The fourth-order valence-electron chi connectivity index (χ4n) is 4.02. The van der Waals surface area contributed by atoms with Crippen LogP contribution in [0.3, 0.4) is 0 Å². The van der Waals surface area contributed by atoms with Crippen molar-refractivity contribution in [3.05, 3.63) is 76.4 Å². The summed E-state index contributed by atoms with van der Waals surface area (Å²) in [7, 11) is 1.23. The van der Waals surface area contributed by atoms with E-state index in [-0.39, 0.29) is 5.78 Å². The summed E-state index contributed by atoms with van der Waals surface area (Å²) in [5.41, 5.74) is 1.98. The molecule has 1 aliphatic carbocycles. The lowest BCUT2D eigenvalue weighted by Crippen LogP contribution is -2.34. The van der Waals surface area contributed by atoms with Gasteiger partial charge in [0.05, 0.1) is 18.4 Å². The first-order chi connectivity index (χ1) is 13.7. The zero-order chi connectivity index (χ0) is 20.9. The monoisotopic (exact) mass is 399 g/mol. The zero-order valence-electron chi connectivity index (χ0n) is 15.6. The molecule has 0 spiro atoms. The van der Waals surface area contributed by atoms with Crippen LogP contribution >= 0.6 is 0 Å². The number of ether oxygens (including phenoxy) is 1. The molecule has 1 aliphatic heterocycles. The first-order valence-corrected chi connectivity index (χ1v) is 8.92. The number of allylic oxidation sites excluding steroid dienone is 1. The summed E-state index contributed by atoms with van der Waals surface area (Å²) in [6, 6.07) is 11.5. The first kappa shape index (κ1) is 19.1. The fraction of sp³-hybridized carbons (Fsp3) is 0.227. The highest BCUT2D eigenvalue weighted by atomic mass is 19.4. The Morgan fingerprint density at radius 1 is 1.03 bits per heavy atom. The molecule has 0 saturated carbocycles. The summed E-state index contributed by atoms with van der Waals surface area (Å²) in [6.45, 7) is 1.66. The number of methoxy groups -OCH3 is 1. The molecular formula is C22H16F3NO3. The number of esters is 1. The van der Waals surface area contributed by atoms with Crippen LogP contribution < -0.4 is 0 Å². The average molecular weight is 399 g/mol. The number of ketones is 1. The SMILES string of the molecule is COC(=O)C1C(C)=NC2=C(C(=O)c3ccccc32)[C@H]1c1ccc(C(F)(F)F)cc1. The molecule has 2 aliphatic rings. The molecule has 1 unspecified atom stereocenters. The third-order valence-corrected chi connectivity index (χ3v) is 5.36. The maximum atomic E-state index is 13.1. The molecule has 0 bridgehead atoms. The van der Waals surface area contributed by atoms with Crippen molar-refractivity contribution in [2.24, 2.45) is 10.9 Å². The Morgan fingerprint density at radius 2 is 1.66 bits per heavy atom. The van der Waals surface area contributed by atoms with Crippen molar-refractivity contribution in [3.63, 3.8) is 0 Å². The molecular weight excluding hydrogens is 383 g/mol. The molecule has 0 aromatic heterocycles. The summed E-state index contributed by atoms with van der Waals surface area (Å²) in [5, 5.41) is 0. The lowest BCUT2D eigenvalue weighted by atomic mass is 9.75. The molecule has 7 heteroatoms. The molecule has 0 radical (unpaired) electrons. The largest absolute Gasteiger partial charge is 0.468 e. The van der Waals surface area contributed by atoms with Gasteiger partial charge in [-0.3, -0.25) is 14.6 Å². The van der Waals surface area contributed by atoms with Crippen molar-refractivity contribution < 1.29 is 27.5 Å². The minimum absolute atomic E-state index is 0.273. The Hall–Kier alpha value is -3.22. The summed E-state index contributed by atoms with van der Waals surface area (Å²) in [5.74, 6) is -2.54. The number of alkyl halides is 3. The molecule has 29 heavy (non-hydrogen) atoms. The van der Waals surface area contributed by atoms with E-state index in [2.05, 4.69) is 4.99 Å². The van der Waals surface area contributed by atoms with Gasteiger partial charge in [0.15, 0.2) is 5.78 Å². The van der Waals surface area contributed by atoms with Gasteiger partial charge in [-0.2, -0.15) is 13.2 Å². The fourth-order valence-corrected chi connectivity index (χ4v) is 4.02. The van der Waals surface area contributed by atoms with Crippen molar-refractivity contribution in [1.82, 2.24) is 0 Å². The first-order valence-electron chi connectivity index (χ1n) is 8.92. The molecule has 148 valence electrons. The smallest absolute Gasteiger partial charge is 0.416 e. The highest BCUT2D eigenvalue weighted by molar-refractivity contribution is 6.24. The second kappa shape index (κ2) is 6.69. The van der Waals surface area contributed by atoms with E-state index < -0.39 is 29.5 Å². The van der Waals surface area contributed by atoms with Gasteiger partial charge in [0.2, 0.25) is 0 Å². The van der Waals surface area contributed by atoms with Gasteiger partial charge in [-0.25, -0.2) is 0 Å². The van der Waals surface area contributed by atoms with Gasteiger partial charge >= 0.3 is 12.1 Å². The number of rotatable bonds is 2. The van der Waals surface area contributed by atoms with Gasteiger partial charge in [-0.1, -0.05) is 36.4 Å². The van der Waals surface area contributed by atoms with Crippen molar-refractivity contribution in [2.75, 3.05) is 7.11 Å². The van der Waals surface area contributed by atoms with Gasteiger partial charge < -0.3 is 4.74 Å². The zero-order valence-corrected chi connectivity index (χ0v) is 15.6. The molecule has 2 aromatic carbocycles. The second-order valence-electron chi connectivity index (χ2n) is 6.99. The topological polar surface area (TPSA) is 55.7 Å². The van der Waals surface area contributed by atoms with E-state index in [4.69, 9.17) is 4.74 Å². The maximum absolute atomic E-state index is 13.1. The van der Waals surface area contributed by atoms with Crippen LogP contribution in [-0.4, -0.2) is 24.6 Å². The van der Waals surface area contributed by atoms with Gasteiger partial charge in [-0.15, -0.1) is 0 Å². The van der Waals surface area contributed by atoms with Gasteiger partial charge in [0.1, 0.15) is 5.92 Å². The minimum atomic E-state index is -4.48. The number of benzene rings is 2. The maximum Gasteiger partial charge on any atom is 0.416 e. The summed E-state index contributed by atoms with van der Waals surface area (Å²) in [4.78, 5) is 30.2. The Bertz CT molecular complexity index is 1080. The van der Waals surface area contributed by atoms with Crippen LogP contribution in [-0.2, 0) is 15.7 Å². The number of halogens is 3. The Morgan fingerprint density at radius 3 is 2.24 bits per heavy atom. The lowest BCUT2D eigenvalue weighted by Gasteiger charge is -2.30. The van der Waals surface area contributed by atoms with Crippen molar-refractivity contribution in [2.45, 2.75) is 19.0 Å². The van der Waals surface area contributed by atoms with Crippen molar-refractivity contribution in [1.29, 1.82) is 0 Å². The van der Waals surface area contributed by atoms with Crippen LogP contribution in [0.2, 0.25) is 0 Å². The summed E-state index contributed by atoms with van der Waals surface area (Å²) < 4.78 is 43.9. The average Bonchev–Trinajstić information content (AvgIpc) is 2.98. The minimum Gasteiger partial charge on any atom is -0.468 e. The van der Waals surface area contributed by atoms with Crippen molar-refractivity contribution in [3.8, 4) is 0 Å². The van der Waals surface area contributed by atoms with E-state index in [0.29, 0.717) is 33.7 Å². The predicted octanol–water partition coefficient (Wildman–Crippen LogP) is 4.66. The number of aliphatic imine (C=N–C) groups is 1. The van der Waals surface area contributed by atoms with Crippen LogP contribution in [0.25, 0.3) is 5.70 Å². The molecule has 0 saturated heterocycles. The molecule has 2 aromatic rings. The third-order valence-electron chi connectivity index (χ3n) is 5.36. The highest BCUT2D eigenvalue weighted by Gasteiger charge is 2.46. The standard InChI is InChI=1S/C22H16F3NO3/c1-11-16(21(28)29-2)17(12-7-9-13(10-8-12)22(23,24)25)18-19(26-11)14-5-3-4-6-15(14)20(18)27/h3-10,16-17H,1-2H3/t16?,17-/m0/s1. The number of fused-ring (bicyclic) bond motifs is 2. The predicted molar refractivity (Wildman–Crippen MR) is 100 cm³/mol. The number of hydrogen-bond acceptors (Lipinski definition) is 4. The molecule has 0 N–H and O–H groups in total. The van der Waals surface area contributed by atoms with Crippen molar-refractivity contribution >= 4 is 23.2 Å². The van der Waals surface area contributed by atoms with Gasteiger partial charge in [-0.05, 0) is 24.6 Å². The summed E-state index contributed by atoms with van der Waals surface area (Å²) >= 11 is 0. The van der Waals surface area contributed by atoms with Gasteiger partial charge in [0.25, 0.3) is 0 Å². The normalized spacial score (nSPS) is 20.9. The molecule has 0 amide bonds. The molecule has 2 atom stereocenters. The van der Waals surface area contributed by atoms with E-state index in [0.717, 1.165) is 12.1 Å². The van der Waals surface area contributed by atoms with Crippen LogP contribution in [0.4, 0.5) is 13.2 Å². The Kier molecular flexibility index (Phi) is 4.41. The molecule has 1 heterocycles. The van der Waals surface area contributed by atoms with Crippen LogP contribution in [0.1, 0.15) is 39.9 Å². The number of carbonyl (C=O) groups is 2. The second-order valence-corrected chi connectivity index (χ2v) is 6.99. The van der Waals surface area contributed by atoms with E-state index >= 15 is 0 Å². The Balaban J connectivity index is 1.90. The van der Waals surface area contributed by atoms with E-state index in [1.54, 1.807) is 31.2 Å². The van der Waals surface area contributed by atoms with E-state index in [1.165, 1.54) is 19.2 Å². The highest BCUT2D eigenvalue weighted by Crippen LogP contribution is 2.48. The lowest BCUT2D eigenvalue weighted by molar-refractivity contribution is -0.143. The number of hydrogen-bond donors (Lipinski definition) is 0. The third kappa shape index (κ3) is 2.97. The van der Waals surface area contributed by atoms with Crippen LogP contribution in [0, 0.1) is 5.92 Å². The molecule has 4 rings (SSSR count).